The van der Waals surface area contributed by atoms with E-state index in [0.717, 1.165) is 12.2 Å². The molecule has 0 bridgehead atoms. The number of likely N-dealkylation sites (N-methyl/N-ethyl adjacent to an activating group) is 1. The molecule has 4 heteroatoms. The van der Waals surface area contributed by atoms with Crippen LogP contribution in [-0.4, -0.2) is 31.1 Å². The maximum atomic E-state index is 9.03. The molecular weight excluding hydrogens is 212 g/mol. The molecule has 1 aromatic carbocycles. The molecule has 17 heavy (non-hydrogen) atoms. The highest BCUT2D eigenvalue weighted by atomic mass is 15.2. The first kappa shape index (κ1) is 13.3. The van der Waals surface area contributed by atoms with E-state index in [2.05, 4.69) is 30.1 Å². The summed E-state index contributed by atoms with van der Waals surface area (Å²) in [5.74, 6) is 0. The van der Waals surface area contributed by atoms with Crippen LogP contribution in [0.1, 0.15) is 19.4 Å². The number of nitriles is 1. The van der Waals surface area contributed by atoms with Crippen molar-refractivity contribution < 1.29 is 0 Å². The van der Waals surface area contributed by atoms with E-state index in [1.54, 1.807) is 12.1 Å². The van der Waals surface area contributed by atoms with Crippen molar-refractivity contribution in [3.63, 3.8) is 0 Å². The Labute approximate surface area is 103 Å². The number of nitrogen functional groups attached to an aromatic ring is 1. The van der Waals surface area contributed by atoms with Crippen LogP contribution in [0.4, 0.5) is 11.4 Å². The van der Waals surface area contributed by atoms with Gasteiger partial charge in [0.15, 0.2) is 0 Å². The zero-order chi connectivity index (χ0) is 13.1. The summed E-state index contributed by atoms with van der Waals surface area (Å²) in [5.41, 5.74) is 7.69. The zero-order valence-electron chi connectivity index (χ0n) is 10.9. The molecule has 0 amide bonds. The van der Waals surface area contributed by atoms with Crippen molar-refractivity contribution in [1.82, 2.24) is 4.90 Å². The van der Waals surface area contributed by atoms with Crippen LogP contribution in [0.5, 0.6) is 0 Å². The minimum atomic E-state index is 0.0219. The lowest BCUT2D eigenvalue weighted by Crippen LogP contribution is -2.44. The molecule has 1 aromatic rings. The van der Waals surface area contributed by atoms with E-state index in [0.29, 0.717) is 11.3 Å². The second-order valence-corrected chi connectivity index (χ2v) is 4.98. The van der Waals surface area contributed by atoms with Crippen LogP contribution >= 0.6 is 0 Å². The number of benzene rings is 1. The van der Waals surface area contributed by atoms with Crippen molar-refractivity contribution in [2.45, 2.75) is 19.4 Å². The van der Waals surface area contributed by atoms with Gasteiger partial charge in [0.25, 0.3) is 0 Å². The standard InChI is InChI=1S/C13H20N4/c1-13(2,17(3)4)9-16-12-6-5-11(15)7-10(12)8-14/h5-7,16H,9,15H2,1-4H3. The highest BCUT2D eigenvalue weighted by Gasteiger charge is 2.20. The largest absolute Gasteiger partial charge is 0.399 e. The maximum absolute atomic E-state index is 9.03. The van der Waals surface area contributed by atoms with E-state index in [1.165, 1.54) is 0 Å². The first-order valence-corrected chi connectivity index (χ1v) is 5.58. The van der Waals surface area contributed by atoms with E-state index in [1.807, 2.05) is 20.2 Å². The van der Waals surface area contributed by atoms with Gasteiger partial charge in [0.05, 0.1) is 11.3 Å². The Morgan fingerprint density at radius 3 is 2.59 bits per heavy atom. The van der Waals surface area contributed by atoms with E-state index in [9.17, 15) is 0 Å². The third kappa shape index (κ3) is 3.36. The Morgan fingerprint density at radius 1 is 1.41 bits per heavy atom. The molecule has 0 fully saturated rings. The molecule has 1 rings (SSSR count). The number of hydrogen-bond acceptors (Lipinski definition) is 4. The van der Waals surface area contributed by atoms with Crippen LogP contribution in [0.25, 0.3) is 0 Å². The fourth-order valence-electron chi connectivity index (χ4n) is 1.28. The lowest BCUT2D eigenvalue weighted by atomic mass is 10.0. The van der Waals surface area contributed by atoms with Crippen molar-refractivity contribution in [3.05, 3.63) is 23.8 Å². The van der Waals surface area contributed by atoms with Crippen LogP contribution in [0.2, 0.25) is 0 Å². The summed E-state index contributed by atoms with van der Waals surface area (Å²) in [7, 11) is 4.08. The molecule has 0 aliphatic carbocycles. The Bertz CT molecular complexity index is 430. The number of nitrogens with zero attached hydrogens (tertiary/aromatic N) is 2. The van der Waals surface area contributed by atoms with Crippen LogP contribution in [-0.2, 0) is 0 Å². The molecule has 0 saturated heterocycles. The fraction of sp³-hybridized carbons (Fsp3) is 0.462. The summed E-state index contributed by atoms with van der Waals surface area (Å²) < 4.78 is 0. The number of nitrogens with one attached hydrogen (secondary N) is 1. The van der Waals surface area contributed by atoms with Gasteiger partial charge in [-0.05, 0) is 46.1 Å². The zero-order valence-corrected chi connectivity index (χ0v) is 10.9. The molecule has 0 unspecified atom stereocenters. The highest BCUT2D eigenvalue weighted by Crippen LogP contribution is 2.19. The second-order valence-electron chi connectivity index (χ2n) is 4.98. The van der Waals surface area contributed by atoms with Crippen molar-refractivity contribution >= 4 is 11.4 Å². The predicted octanol–water partition coefficient (Wildman–Crippen LogP) is 1.89. The van der Waals surface area contributed by atoms with Crippen molar-refractivity contribution in [3.8, 4) is 6.07 Å². The van der Waals surface area contributed by atoms with Gasteiger partial charge in [0.1, 0.15) is 6.07 Å². The van der Waals surface area contributed by atoms with Gasteiger partial charge in [0.2, 0.25) is 0 Å². The number of rotatable bonds is 4. The molecule has 0 saturated carbocycles. The van der Waals surface area contributed by atoms with Gasteiger partial charge in [-0.2, -0.15) is 5.26 Å². The molecule has 0 aliphatic heterocycles. The minimum absolute atomic E-state index is 0.0219. The predicted molar refractivity (Wildman–Crippen MR) is 71.8 cm³/mol. The average Bonchev–Trinajstić information content (AvgIpc) is 2.27. The number of anilines is 2. The molecule has 0 heterocycles. The summed E-state index contributed by atoms with van der Waals surface area (Å²) in [4.78, 5) is 2.14. The molecular formula is C13H20N4. The number of nitrogens with two attached hydrogens (primary N) is 1. The van der Waals surface area contributed by atoms with Crippen molar-refractivity contribution in [1.29, 1.82) is 5.26 Å². The van der Waals surface area contributed by atoms with E-state index >= 15 is 0 Å². The Morgan fingerprint density at radius 2 is 2.06 bits per heavy atom. The van der Waals surface area contributed by atoms with Crippen LogP contribution in [0, 0.1) is 11.3 Å². The van der Waals surface area contributed by atoms with Gasteiger partial charge < -0.3 is 16.0 Å². The lowest BCUT2D eigenvalue weighted by molar-refractivity contribution is 0.210. The van der Waals surface area contributed by atoms with Gasteiger partial charge in [-0.25, -0.2) is 0 Å². The first-order chi connectivity index (χ1) is 7.86. The molecule has 0 radical (unpaired) electrons. The van der Waals surface area contributed by atoms with E-state index in [4.69, 9.17) is 11.0 Å². The van der Waals surface area contributed by atoms with Crippen LogP contribution in [0.15, 0.2) is 18.2 Å². The van der Waals surface area contributed by atoms with E-state index in [-0.39, 0.29) is 5.54 Å². The highest BCUT2D eigenvalue weighted by molar-refractivity contribution is 5.63. The van der Waals surface area contributed by atoms with Gasteiger partial charge in [-0.1, -0.05) is 0 Å². The summed E-state index contributed by atoms with van der Waals surface area (Å²) in [5, 5.41) is 12.3. The summed E-state index contributed by atoms with van der Waals surface area (Å²) in [6, 6.07) is 7.48. The van der Waals surface area contributed by atoms with Crippen molar-refractivity contribution in [2.24, 2.45) is 0 Å². The molecule has 0 atom stereocenters. The fourth-order valence-corrected chi connectivity index (χ4v) is 1.28. The SMILES string of the molecule is CN(C)C(C)(C)CNc1ccc(N)cc1C#N. The van der Waals surface area contributed by atoms with Gasteiger partial charge in [-0.15, -0.1) is 0 Å². The summed E-state index contributed by atoms with van der Waals surface area (Å²) >= 11 is 0. The smallest absolute Gasteiger partial charge is 0.101 e. The topological polar surface area (TPSA) is 65.1 Å². The average molecular weight is 232 g/mol. The molecule has 92 valence electrons. The van der Waals surface area contributed by atoms with Gasteiger partial charge in [0, 0.05) is 17.8 Å². The first-order valence-electron chi connectivity index (χ1n) is 5.58. The molecule has 3 N–H and O–H groups in total. The lowest BCUT2D eigenvalue weighted by Gasteiger charge is -2.33. The Balaban J connectivity index is 2.80. The maximum Gasteiger partial charge on any atom is 0.101 e. The third-order valence-corrected chi connectivity index (χ3v) is 3.09. The summed E-state index contributed by atoms with van der Waals surface area (Å²) in [6.07, 6.45) is 0. The van der Waals surface area contributed by atoms with Gasteiger partial charge >= 0.3 is 0 Å². The Kier molecular flexibility index (Phi) is 3.97. The molecule has 0 aromatic heterocycles. The van der Waals surface area contributed by atoms with Crippen LogP contribution < -0.4 is 11.1 Å². The normalized spacial score (nSPS) is 11.3. The second kappa shape index (κ2) is 5.07. The van der Waals surface area contributed by atoms with Crippen LogP contribution in [0.3, 0.4) is 0 Å². The minimum Gasteiger partial charge on any atom is -0.399 e. The van der Waals surface area contributed by atoms with Crippen molar-refractivity contribution in [2.75, 3.05) is 31.7 Å². The number of hydrogen-bond donors (Lipinski definition) is 2. The molecule has 0 spiro atoms. The summed E-state index contributed by atoms with van der Waals surface area (Å²) in [6.45, 7) is 5.05. The molecule has 4 nitrogen and oxygen atoms in total. The quantitative estimate of drug-likeness (QED) is 0.778. The van der Waals surface area contributed by atoms with E-state index < -0.39 is 0 Å². The van der Waals surface area contributed by atoms with Gasteiger partial charge in [-0.3, -0.25) is 0 Å². The molecule has 0 aliphatic rings. The Hall–Kier alpha value is -1.73. The monoisotopic (exact) mass is 232 g/mol. The third-order valence-electron chi connectivity index (χ3n) is 3.09.